The Morgan fingerprint density at radius 3 is 2.86 bits per heavy atom. The maximum atomic E-state index is 6.01. The van der Waals surface area contributed by atoms with E-state index in [0.29, 0.717) is 5.69 Å². The molecule has 2 heterocycles. The van der Waals surface area contributed by atoms with Gasteiger partial charge in [-0.05, 0) is 42.7 Å². The van der Waals surface area contributed by atoms with E-state index >= 15 is 0 Å². The van der Waals surface area contributed by atoms with E-state index in [4.69, 9.17) is 15.5 Å². The molecule has 0 saturated carbocycles. The Balaban J connectivity index is 1.68. The van der Waals surface area contributed by atoms with Crippen molar-refractivity contribution in [1.29, 1.82) is 0 Å². The molecule has 22 heavy (non-hydrogen) atoms. The van der Waals surface area contributed by atoms with E-state index in [1.165, 1.54) is 11.1 Å². The van der Waals surface area contributed by atoms with E-state index < -0.39 is 0 Å². The van der Waals surface area contributed by atoms with Crippen molar-refractivity contribution in [2.75, 3.05) is 12.3 Å². The maximum Gasteiger partial charge on any atom is 0.153 e. The van der Waals surface area contributed by atoms with Crippen molar-refractivity contribution in [3.8, 4) is 5.75 Å². The second kappa shape index (κ2) is 5.05. The summed E-state index contributed by atoms with van der Waals surface area (Å²) in [5, 5.41) is 0. The fourth-order valence-corrected chi connectivity index (χ4v) is 3.20. The smallest absolute Gasteiger partial charge is 0.153 e. The van der Waals surface area contributed by atoms with Gasteiger partial charge in [0.25, 0.3) is 0 Å². The maximum absolute atomic E-state index is 6.01. The number of nitrogens with two attached hydrogens (primary N) is 1. The standard InChI is InChI=1S/C18H19N3O/c1-12-18(20-16-10-15(19)6-7-17(16)22-12)21-9-8-13-4-2-3-5-14(13)11-21/h2-7,10,12H,8-9,11,19H2,1H3. The summed E-state index contributed by atoms with van der Waals surface area (Å²) in [6.07, 6.45) is 1.01. The third-order valence-electron chi connectivity index (χ3n) is 4.34. The number of hydrogen-bond acceptors (Lipinski definition) is 4. The number of fused-ring (bicyclic) bond motifs is 2. The van der Waals surface area contributed by atoms with Crippen LogP contribution in [0.3, 0.4) is 0 Å². The Kier molecular flexibility index (Phi) is 3.03. The van der Waals surface area contributed by atoms with Gasteiger partial charge in [0.15, 0.2) is 6.10 Å². The molecule has 0 fully saturated rings. The zero-order valence-electron chi connectivity index (χ0n) is 12.6. The molecule has 2 aromatic rings. The molecule has 2 N–H and O–H groups in total. The lowest BCUT2D eigenvalue weighted by Crippen LogP contribution is -2.44. The molecular weight excluding hydrogens is 274 g/mol. The van der Waals surface area contributed by atoms with Crippen LogP contribution in [-0.4, -0.2) is 23.4 Å². The first-order valence-corrected chi connectivity index (χ1v) is 7.67. The van der Waals surface area contributed by atoms with Crippen LogP contribution in [0, 0.1) is 0 Å². The first-order valence-electron chi connectivity index (χ1n) is 7.67. The van der Waals surface area contributed by atoms with Crippen LogP contribution in [0.15, 0.2) is 47.5 Å². The van der Waals surface area contributed by atoms with Crippen LogP contribution in [0.25, 0.3) is 0 Å². The van der Waals surface area contributed by atoms with E-state index in [-0.39, 0.29) is 6.10 Å². The molecule has 2 aliphatic rings. The Bertz CT molecular complexity index is 754. The van der Waals surface area contributed by atoms with Crippen molar-refractivity contribution in [2.45, 2.75) is 26.0 Å². The highest BCUT2D eigenvalue weighted by Gasteiger charge is 2.27. The van der Waals surface area contributed by atoms with Gasteiger partial charge in [0, 0.05) is 18.8 Å². The zero-order valence-corrected chi connectivity index (χ0v) is 12.6. The minimum atomic E-state index is -0.0404. The number of anilines is 1. The molecule has 0 bridgehead atoms. The van der Waals surface area contributed by atoms with Gasteiger partial charge in [-0.1, -0.05) is 24.3 Å². The van der Waals surface area contributed by atoms with Crippen LogP contribution in [-0.2, 0) is 13.0 Å². The molecular formula is C18H19N3O. The second-order valence-corrected chi connectivity index (χ2v) is 5.90. The summed E-state index contributed by atoms with van der Waals surface area (Å²) in [5.41, 5.74) is 10.2. The number of rotatable bonds is 0. The van der Waals surface area contributed by atoms with E-state index in [1.54, 1.807) is 0 Å². The van der Waals surface area contributed by atoms with E-state index in [1.807, 2.05) is 18.2 Å². The van der Waals surface area contributed by atoms with Crippen molar-refractivity contribution >= 4 is 17.2 Å². The Morgan fingerprint density at radius 1 is 1.18 bits per heavy atom. The molecule has 0 spiro atoms. The van der Waals surface area contributed by atoms with Crippen LogP contribution < -0.4 is 10.5 Å². The highest BCUT2D eigenvalue weighted by molar-refractivity contribution is 5.91. The molecule has 4 nitrogen and oxygen atoms in total. The van der Waals surface area contributed by atoms with Gasteiger partial charge in [-0.2, -0.15) is 0 Å². The van der Waals surface area contributed by atoms with Crippen LogP contribution in [0.1, 0.15) is 18.1 Å². The Labute approximate surface area is 130 Å². The summed E-state index contributed by atoms with van der Waals surface area (Å²) in [6, 6.07) is 14.2. The van der Waals surface area contributed by atoms with Crippen molar-refractivity contribution in [1.82, 2.24) is 4.90 Å². The molecule has 2 aliphatic heterocycles. The fraction of sp³-hybridized carbons (Fsp3) is 0.278. The SMILES string of the molecule is CC1Oc2ccc(N)cc2N=C1N1CCc2ccccc2C1. The first-order chi connectivity index (χ1) is 10.7. The molecule has 1 unspecified atom stereocenters. The number of ether oxygens (including phenoxy) is 1. The number of benzene rings is 2. The van der Waals surface area contributed by atoms with Crippen molar-refractivity contribution in [2.24, 2.45) is 4.99 Å². The highest BCUT2D eigenvalue weighted by Crippen LogP contribution is 2.35. The van der Waals surface area contributed by atoms with Gasteiger partial charge in [0.05, 0.1) is 0 Å². The molecule has 0 radical (unpaired) electrons. The normalized spacial score (nSPS) is 19.8. The number of hydrogen-bond donors (Lipinski definition) is 1. The third kappa shape index (κ3) is 2.21. The van der Waals surface area contributed by atoms with E-state index in [9.17, 15) is 0 Å². The molecule has 4 heteroatoms. The monoisotopic (exact) mass is 293 g/mol. The van der Waals surface area contributed by atoms with Crippen LogP contribution in [0.5, 0.6) is 5.75 Å². The quantitative estimate of drug-likeness (QED) is 0.759. The lowest BCUT2D eigenvalue weighted by Gasteiger charge is -2.35. The lowest BCUT2D eigenvalue weighted by molar-refractivity contribution is 0.249. The summed E-state index contributed by atoms with van der Waals surface area (Å²) in [6.45, 7) is 3.92. The Hall–Kier alpha value is -2.49. The lowest BCUT2D eigenvalue weighted by atomic mass is 9.99. The molecule has 0 amide bonds. The molecule has 4 rings (SSSR count). The number of aliphatic imine (C=N–C) groups is 1. The predicted molar refractivity (Wildman–Crippen MR) is 88.6 cm³/mol. The highest BCUT2D eigenvalue weighted by atomic mass is 16.5. The fourth-order valence-electron chi connectivity index (χ4n) is 3.20. The van der Waals surface area contributed by atoms with Crippen molar-refractivity contribution in [3.63, 3.8) is 0 Å². The van der Waals surface area contributed by atoms with Crippen molar-refractivity contribution < 1.29 is 4.74 Å². The summed E-state index contributed by atoms with van der Waals surface area (Å²) >= 11 is 0. The van der Waals surface area contributed by atoms with Gasteiger partial charge in [0.1, 0.15) is 17.3 Å². The average molecular weight is 293 g/mol. The summed E-state index contributed by atoms with van der Waals surface area (Å²) < 4.78 is 6.01. The summed E-state index contributed by atoms with van der Waals surface area (Å²) in [5.74, 6) is 1.80. The number of nitrogens with zero attached hydrogens (tertiary/aromatic N) is 2. The largest absolute Gasteiger partial charge is 0.481 e. The number of nitrogen functional groups attached to an aromatic ring is 1. The van der Waals surface area contributed by atoms with Gasteiger partial charge in [-0.25, -0.2) is 4.99 Å². The minimum absolute atomic E-state index is 0.0404. The first kappa shape index (κ1) is 13.2. The van der Waals surface area contributed by atoms with E-state index in [2.05, 4.69) is 36.1 Å². The van der Waals surface area contributed by atoms with Crippen LogP contribution in [0.4, 0.5) is 11.4 Å². The molecule has 0 saturated heterocycles. The average Bonchev–Trinajstić information content (AvgIpc) is 2.54. The van der Waals surface area contributed by atoms with Gasteiger partial charge >= 0.3 is 0 Å². The minimum Gasteiger partial charge on any atom is -0.481 e. The third-order valence-corrected chi connectivity index (χ3v) is 4.34. The topological polar surface area (TPSA) is 50.9 Å². The van der Waals surface area contributed by atoms with E-state index in [0.717, 1.165) is 36.8 Å². The van der Waals surface area contributed by atoms with Gasteiger partial charge in [-0.3, -0.25) is 0 Å². The zero-order chi connectivity index (χ0) is 15.1. The summed E-state index contributed by atoms with van der Waals surface area (Å²) in [4.78, 5) is 7.14. The second-order valence-electron chi connectivity index (χ2n) is 5.90. The number of amidine groups is 1. The molecule has 112 valence electrons. The van der Waals surface area contributed by atoms with Gasteiger partial charge in [0.2, 0.25) is 0 Å². The van der Waals surface area contributed by atoms with Gasteiger partial charge in [-0.15, -0.1) is 0 Å². The molecule has 2 aromatic carbocycles. The molecule has 1 atom stereocenters. The van der Waals surface area contributed by atoms with Crippen LogP contribution in [0.2, 0.25) is 0 Å². The van der Waals surface area contributed by atoms with Gasteiger partial charge < -0.3 is 15.4 Å². The molecule has 0 aliphatic carbocycles. The van der Waals surface area contributed by atoms with Crippen molar-refractivity contribution in [3.05, 3.63) is 53.6 Å². The predicted octanol–water partition coefficient (Wildman–Crippen LogP) is 3.14. The van der Waals surface area contributed by atoms with Crippen LogP contribution >= 0.6 is 0 Å². The molecule has 0 aromatic heterocycles. The summed E-state index contributed by atoms with van der Waals surface area (Å²) in [7, 11) is 0. The Morgan fingerprint density at radius 2 is 2.00 bits per heavy atom.